The summed E-state index contributed by atoms with van der Waals surface area (Å²) < 4.78 is 0. The molecule has 0 aliphatic rings. The van der Waals surface area contributed by atoms with Gasteiger partial charge in [-0.25, -0.2) is 0 Å². The van der Waals surface area contributed by atoms with Crippen LogP contribution in [0.15, 0.2) is 6.07 Å². The topological polar surface area (TPSA) is 66.7 Å². The number of hydrogen-bond acceptors (Lipinski definition) is 3. The van der Waals surface area contributed by atoms with Crippen LogP contribution in [0.1, 0.15) is 5.69 Å². The predicted octanol–water partition coefficient (Wildman–Crippen LogP) is -0.246. The van der Waals surface area contributed by atoms with Crippen molar-refractivity contribution in [3.8, 4) is 0 Å². The van der Waals surface area contributed by atoms with Gasteiger partial charge in [-0.2, -0.15) is 5.10 Å². The molecule has 0 unspecified atom stereocenters. The maximum absolute atomic E-state index is 5.39. The SMILES string of the molecule is CNCCc1cc(N)n[nH]1. The van der Waals surface area contributed by atoms with E-state index in [9.17, 15) is 0 Å². The molecule has 4 nitrogen and oxygen atoms in total. The summed E-state index contributed by atoms with van der Waals surface area (Å²) in [6.45, 7) is 0.946. The van der Waals surface area contributed by atoms with E-state index < -0.39 is 0 Å². The van der Waals surface area contributed by atoms with Crippen molar-refractivity contribution in [3.63, 3.8) is 0 Å². The minimum absolute atomic E-state index is 0.561. The molecule has 4 N–H and O–H groups in total. The highest BCUT2D eigenvalue weighted by Gasteiger charge is 1.94. The minimum Gasteiger partial charge on any atom is -0.382 e. The highest BCUT2D eigenvalue weighted by atomic mass is 15.2. The summed E-state index contributed by atoms with van der Waals surface area (Å²) in [5.74, 6) is 0.561. The monoisotopic (exact) mass is 140 g/mol. The lowest BCUT2D eigenvalue weighted by atomic mass is 10.3. The lowest BCUT2D eigenvalue weighted by Gasteiger charge is -1.92. The van der Waals surface area contributed by atoms with Gasteiger partial charge in [-0.05, 0) is 7.05 Å². The molecule has 0 atom stereocenters. The molecule has 0 amide bonds. The molecule has 0 aliphatic carbocycles. The highest BCUT2D eigenvalue weighted by molar-refractivity contribution is 5.28. The van der Waals surface area contributed by atoms with Crippen molar-refractivity contribution in [3.05, 3.63) is 11.8 Å². The Balaban J connectivity index is 2.42. The Kier molecular flexibility index (Phi) is 2.28. The van der Waals surface area contributed by atoms with Crippen LogP contribution in [0.2, 0.25) is 0 Å². The minimum atomic E-state index is 0.561. The summed E-state index contributed by atoms with van der Waals surface area (Å²) in [5, 5.41) is 9.66. The summed E-state index contributed by atoms with van der Waals surface area (Å²) >= 11 is 0. The summed E-state index contributed by atoms with van der Waals surface area (Å²) in [5.41, 5.74) is 6.46. The van der Waals surface area contributed by atoms with Gasteiger partial charge in [0, 0.05) is 24.7 Å². The Hall–Kier alpha value is -1.03. The maximum atomic E-state index is 5.39. The molecule has 0 aromatic carbocycles. The molecule has 0 saturated carbocycles. The Labute approximate surface area is 59.8 Å². The second-order valence-electron chi connectivity index (χ2n) is 2.17. The van der Waals surface area contributed by atoms with Crippen molar-refractivity contribution in [1.82, 2.24) is 15.5 Å². The molecule has 0 fully saturated rings. The average molecular weight is 140 g/mol. The Bertz CT molecular complexity index is 193. The molecule has 4 heteroatoms. The Morgan fingerprint density at radius 3 is 3.10 bits per heavy atom. The molecular weight excluding hydrogens is 128 g/mol. The van der Waals surface area contributed by atoms with Crippen molar-refractivity contribution in [2.75, 3.05) is 19.3 Å². The number of anilines is 1. The quantitative estimate of drug-likeness (QED) is 0.542. The molecule has 0 saturated heterocycles. The average Bonchev–Trinajstić information content (AvgIpc) is 2.31. The standard InChI is InChI=1S/C6H12N4/c1-8-3-2-5-4-6(7)10-9-5/h4,8H,2-3H2,1H3,(H3,7,9,10). The number of nitrogen functional groups attached to an aromatic ring is 1. The second-order valence-corrected chi connectivity index (χ2v) is 2.17. The summed E-state index contributed by atoms with van der Waals surface area (Å²) in [7, 11) is 1.92. The fourth-order valence-electron chi connectivity index (χ4n) is 0.767. The maximum Gasteiger partial charge on any atom is 0.145 e. The van der Waals surface area contributed by atoms with E-state index in [1.54, 1.807) is 0 Å². The molecule has 1 rings (SSSR count). The van der Waals surface area contributed by atoms with Crippen molar-refractivity contribution >= 4 is 5.82 Å². The third-order valence-electron chi connectivity index (χ3n) is 1.30. The van der Waals surface area contributed by atoms with Crippen molar-refractivity contribution in [1.29, 1.82) is 0 Å². The van der Waals surface area contributed by atoms with E-state index in [0.29, 0.717) is 5.82 Å². The fourth-order valence-corrected chi connectivity index (χ4v) is 0.767. The number of hydrogen-bond donors (Lipinski definition) is 3. The van der Waals surface area contributed by atoms with Gasteiger partial charge in [0.1, 0.15) is 5.82 Å². The van der Waals surface area contributed by atoms with E-state index in [1.807, 2.05) is 13.1 Å². The molecule has 56 valence electrons. The number of H-pyrrole nitrogens is 1. The molecule has 0 radical (unpaired) electrons. The van der Waals surface area contributed by atoms with Crippen molar-refractivity contribution in [2.45, 2.75) is 6.42 Å². The summed E-state index contributed by atoms with van der Waals surface area (Å²) in [6.07, 6.45) is 0.945. The van der Waals surface area contributed by atoms with Gasteiger partial charge in [0.25, 0.3) is 0 Å². The first-order valence-corrected chi connectivity index (χ1v) is 3.27. The van der Waals surface area contributed by atoms with Gasteiger partial charge in [-0.1, -0.05) is 0 Å². The van der Waals surface area contributed by atoms with Gasteiger partial charge in [0.15, 0.2) is 0 Å². The predicted molar refractivity (Wildman–Crippen MR) is 40.6 cm³/mol. The van der Waals surface area contributed by atoms with E-state index >= 15 is 0 Å². The van der Waals surface area contributed by atoms with Crippen molar-refractivity contribution < 1.29 is 0 Å². The van der Waals surface area contributed by atoms with E-state index in [2.05, 4.69) is 15.5 Å². The first-order valence-electron chi connectivity index (χ1n) is 3.27. The number of nitrogens with one attached hydrogen (secondary N) is 2. The number of aromatic nitrogens is 2. The smallest absolute Gasteiger partial charge is 0.145 e. The van der Waals surface area contributed by atoms with Crippen LogP contribution in [0.3, 0.4) is 0 Å². The molecule has 10 heavy (non-hydrogen) atoms. The molecule has 1 aromatic heterocycles. The molecule has 0 aliphatic heterocycles. The normalized spacial score (nSPS) is 10.1. The van der Waals surface area contributed by atoms with Crippen LogP contribution >= 0.6 is 0 Å². The van der Waals surface area contributed by atoms with Gasteiger partial charge in [0.05, 0.1) is 0 Å². The van der Waals surface area contributed by atoms with Crippen LogP contribution in [0.25, 0.3) is 0 Å². The molecule has 0 bridgehead atoms. The molecule has 0 spiro atoms. The van der Waals surface area contributed by atoms with E-state index in [4.69, 9.17) is 5.73 Å². The summed E-state index contributed by atoms with van der Waals surface area (Å²) in [4.78, 5) is 0. The first kappa shape index (κ1) is 7.08. The van der Waals surface area contributed by atoms with Crippen LogP contribution in [-0.4, -0.2) is 23.8 Å². The van der Waals surface area contributed by atoms with Gasteiger partial charge in [0.2, 0.25) is 0 Å². The van der Waals surface area contributed by atoms with Crippen LogP contribution < -0.4 is 11.1 Å². The fraction of sp³-hybridized carbons (Fsp3) is 0.500. The van der Waals surface area contributed by atoms with E-state index in [0.717, 1.165) is 18.7 Å². The van der Waals surface area contributed by atoms with Crippen LogP contribution in [-0.2, 0) is 6.42 Å². The molecule has 1 aromatic rings. The van der Waals surface area contributed by atoms with Gasteiger partial charge in [-0.3, -0.25) is 5.10 Å². The van der Waals surface area contributed by atoms with E-state index in [1.165, 1.54) is 0 Å². The van der Waals surface area contributed by atoms with Crippen LogP contribution in [0.5, 0.6) is 0 Å². The number of rotatable bonds is 3. The van der Waals surface area contributed by atoms with Gasteiger partial charge < -0.3 is 11.1 Å². The lowest BCUT2D eigenvalue weighted by molar-refractivity contribution is 0.772. The zero-order chi connectivity index (χ0) is 7.40. The van der Waals surface area contributed by atoms with Crippen LogP contribution in [0.4, 0.5) is 5.82 Å². The second kappa shape index (κ2) is 3.22. The molecule has 1 heterocycles. The number of aromatic amines is 1. The Morgan fingerprint density at radius 2 is 2.60 bits per heavy atom. The Morgan fingerprint density at radius 1 is 1.80 bits per heavy atom. The van der Waals surface area contributed by atoms with Crippen LogP contribution in [0, 0.1) is 0 Å². The largest absolute Gasteiger partial charge is 0.382 e. The first-order chi connectivity index (χ1) is 4.83. The summed E-state index contributed by atoms with van der Waals surface area (Å²) in [6, 6.07) is 1.84. The number of nitrogens with two attached hydrogens (primary N) is 1. The highest BCUT2D eigenvalue weighted by Crippen LogP contribution is 1.99. The third kappa shape index (κ3) is 1.73. The number of likely N-dealkylation sites (N-methyl/N-ethyl adjacent to an activating group) is 1. The van der Waals surface area contributed by atoms with E-state index in [-0.39, 0.29) is 0 Å². The lowest BCUT2D eigenvalue weighted by Crippen LogP contribution is -2.10. The zero-order valence-electron chi connectivity index (χ0n) is 6.02. The number of nitrogens with zero attached hydrogens (tertiary/aromatic N) is 1. The zero-order valence-corrected chi connectivity index (χ0v) is 6.02. The third-order valence-corrected chi connectivity index (χ3v) is 1.30. The van der Waals surface area contributed by atoms with Crippen molar-refractivity contribution in [2.24, 2.45) is 0 Å². The van der Waals surface area contributed by atoms with Gasteiger partial charge in [-0.15, -0.1) is 0 Å². The van der Waals surface area contributed by atoms with Gasteiger partial charge >= 0.3 is 0 Å². The molecular formula is C6H12N4.